The molecule has 0 aliphatic rings. The maximum absolute atomic E-state index is 8.82. The van der Waals surface area contributed by atoms with Gasteiger partial charge in [0, 0.05) is 35.0 Å². The molecule has 3 aromatic rings. The quantitative estimate of drug-likeness (QED) is 0.723. The topological polar surface area (TPSA) is 48.7 Å². The highest BCUT2D eigenvalue weighted by Gasteiger charge is 2.04. The number of nitriles is 1. The van der Waals surface area contributed by atoms with Crippen molar-refractivity contribution in [3.05, 3.63) is 72.9 Å². The van der Waals surface area contributed by atoms with Crippen LogP contribution >= 0.6 is 0 Å². The van der Waals surface area contributed by atoms with E-state index in [9.17, 15) is 0 Å². The summed E-state index contributed by atoms with van der Waals surface area (Å²) in [6.07, 6.45) is 1.79. The number of benzene rings is 2. The highest BCUT2D eigenvalue weighted by Crippen LogP contribution is 2.28. The molecule has 22 heavy (non-hydrogen) atoms. The smallest absolute Gasteiger partial charge is 0.0959 e. The molecule has 0 aliphatic carbocycles. The minimum Gasteiger partial charge on any atom is -0.380 e. The first-order valence-corrected chi connectivity index (χ1v) is 7.04. The summed E-state index contributed by atoms with van der Waals surface area (Å²) in [6, 6.07) is 20.3. The number of fused-ring (bicyclic) bond motifs is 1. The van der Waals surface area contributed by atoms with Crippen LogP contribution in [0.2, 0.25) is 0 Å². The standard InChI is InChI=1S/C19H15N3/c1-14(12-20)13-22-19-7-4-5-15-8-9-16(11-17(15)19)18-6-2-3-10-21-18/h2-11,22H,1,13H2. The Morgan fingerprint density at radius 3 is 2.82 bits per heavy atom. The third-order valence-corrected chi connectivity index (χ3v) is 3.49. The summed E-state index contributed by atoms with van der Waals surface area (Å²) in [7, 11) is 0. The molecule has 3 nitrogen and oxygen atoms in total. The van der Waals surface area contributed by atoms with Crippen molar-refractivity contribution < 1.29 is 0 Å². The van der Waals surface area contributed by atoms with E-state index >= 15 is 0 Å². The number of hydrogen-bond acceptors (Lipinski definition) is 3. The van der Waals surface area contributed by atoms with Crippen LogP contribution in [0.4, 0.5) is 5.69 Å². The molecule has 0 saturated carbocycles. The number of pyridine rings is 1. The Hall–Kier alpha value is -3.12. The van der Waals surface area contributed by atoms with E-state index in [2.05, 4.69) is 47.2 Å². The van der Waals surface area contributed by atoms with E-state index in [1.807, 2.05) is 30.3 Å². The lowest BCUT2D eigenvalue weighted by atomic mass is 10.0. The number of rotatable bonds is 4. The first-order chi connectivity index (χ1) is 10.8. The second-order valence-corrected chi connectivity index (χ2v) is 5.03. The molecule has 0 amide bonds. The van der Waals surface area contributed by atoms with Crippen LogP contribution < -0.4 is 5.32 Å². The van der Waals surface area contributed by atoms with Crippen molar-refractivity contribution in [3.63, 3.8) is 0 Å². The van der Waals surface area contributed by atoms with Crippen LogP contribution in [0.25, 0.3) is 22.0 Å². The number of nitrogens with one attached hydrogen (secondary N) is 1. The zero-order valence-corrected chi connectivity index (χ0v) is 12.1. The van der Waals surface area contributed by atoms with Gasteiger partial charge in [-0.05, 0) is 29.7 Å². The molecule has 1 N–H and O–H groups in total. The number of hydrogen-bond donors (Lipinski definition) is 1. The first-order valence-electron chi connectivity index (χ1n) is 7.04. The minimum absolute atomic E-state index is 0.448. The van der Waals surface area contributed by atoms with Crippen LogP contribution in [0, 0.1) is 11.3 Å². The zero-order valence-electron chi connectivity index (χ0n) is 12.1. The summed E-state index contributed by atoms with van der Waals surface area (Å²) in [6.45, 7) is 4.15. The van der Waals surface area contributed by atoms with Gasteiger partial charge in [-0.15, -0.1) is 0 Å². The number of nitrogens with zero attached hydrogens (tertiary/aromatic N) is 2. The normalized spacial score (nSPS) is 10.1. The first kappa shape index (κ1) is 13.8. The summed E-state index contributed by atoms with van der Waals surface area (Å²) >= 11 is 0. The zero-order chi connectivity index (χ0) is 15.4. The molecule has 0 bridgehead atoms. The van der Waals surface area contributed by atoms with Gasteiger partial charge in [-0.25, -0.2) is 0 Å². The van der Waals surface area contributed by atoms with E-state index < -0.39 is 0 Å². The molecule has 0 saturated heterocycles. The van der Waals surface area contributed by atoms with Crippen LogP contribution in [0.3, 0.4) is 0 Å². The molecule has 106 valence electrons. The van der Waals surface area contributed by atoms with Crippen molar-refractivity contribution >= 4 is 16.5 Å². The SMILES string of the molecule is C=C(C#N)CNc1cccc2ccc(-c3ccccn3)cc12. The lowest BCUT2D eigenvalue weighted by Crippen LogP contribution is -2.03. The molecule has 3 rings (SSSR count). The minimum atomic E-state index is 0.448. The van der Waals surface area contributed by atoms with E-state index in [-0.39, 0.29) is 0 Å². The Kier molecular flexibility index (Phi) is 3.84. The van der Waals surface area contributed by atoms with Gasteiger partial charge in [0.15, 0.2) is 0 Å². The molecule has 0 spiro atoms. The van der Waals surface area contributed by atoms with E-state index in [4.69, 9.17) is 5.26 Å². The molecule has 0 unspecified atom stereocenters. The molecular formula is C19H15N3. The van der Waals surface area contributed by atoms with Crippen molar-refractivity contribution in [1.82, 2.24) is 4.98 Å². The Morgan fingerprint density at radius 2 is 2.05 bits per heavy atom. The van der Waals surface area contributed by atoms with E-state index in [1.54, 1.807) is 6.20 Å². The van der Waals surface area contributed by atoms with Gasteiger partial charge in [0.2, 0.25) is 0 Å². The van der Waals surface area contributed by atoms with Crippen molar-refractivity contribution in [2.45, 2.75) is 0 Å². The summed E-state index contributed by atoms with van der Waals surface area (Å²) in [5, 5.41) is 14.3. The van der Waals surface area contributed by atoms with Gasteiger partial charge in [-0.2, -0.15) is 5.26 Å². The fraction of sp³-hybridized carbons (Fsp3) is 0.0526. The van der Waals surface area contributed by atoms with Crippen LogP contribution in [0.5, 0.6) is 0 Å². The van der Waals surface area contributed by atoms with Gasteiger partial charge in [0.25, 0.3) is 0 Å². The second kappa shape index (κ2) is 6.11. The predicted octanol–water partition coefficient (Wildman–Crippen LogP) is 4.39. The summed E-state index contributed by atoms with van der Waals surface area (Å²) in [5.41, 5.74) is 3.52. The molecule has 0 fully saturated rings. The van der Waals surface area contributed by atoms with Crippen molar-refractivity contribution in [2.24, 2.45) is 0 Å². The Balaban J connectivity index is 2.03. The molecule has 2 aromatic carbocycles. The third-order valence-electron chi connectivity index (χ3n) is 3.49. The van der Waals surface area contributed by atoms with Crippen LogP contribution in [0.1, 0.15) is 0 Å². The van der Waals surface area contributed by atoms with E-state index in [0.29, 0.717) is 12.1 Å². The molecular weight excluding hydrogens is 270 g/mol. The highest BCUT2D eigenvalue weighted by molar-refractivity contribution is 5.96. The predicted molar refractivity (Wildman–Crippen MR) is 90.4 cm³/mol. The van der Waals surface area contributed by atoms with Crippen LogP contribution in [-0.4, -0.2) is 11.5 Å². The monoisotopic (exact) mass is 285 g/mol. The average Bonchev–Trinajstić information content (AvgIpc) is 2.59. The maximum Gasteiger partial charge on any atom is 0.0959 e. The molecule has 3 heteroatoms. The van der Waals surface area contributed by atoms with E-state index in [1.165, 1.54) is 0 Å². The molecule has 0 atom stereocenters. The molecule has 1 heterocycles. The molecule has 1 aromatic heterocycles. The summed E-state index contributed by atoms with van der Waals surface area (Å²) in [5.74, 6) is 0. The van der Waals surface area contributed by atoms with Crippen molar-refractivity contribution in [1.29, 1.82) is 5.26 Å². The largest absolute Gasteiger partial charge is 0.380 e. The highest BCUT2D eigenvalue weighted by atomic mass is 14.9. The summed E-state index contributed by atoms with van der Waals surface area (Å²) < 4.78 is 0. The van der Waals surface area contributed by atoms with Gasteiger partial charge in [0.1, 0.15) is 0 Å². The van der Waals surface area contributed by atoms with E-state index in [0.717, 1.165) is 27.7 Å². The van der Waals surface area contributed by atoms with Crippen molar-refractivity contribution in [2.75, 3.05) is 11.9 Å². The lowest BCUT2D eigenvalue weighted by molar-refractivity contribution is 1.28. The number of anilines is 1. The van der Waals surface area contributed by atoms with Gasteiger partial charge in [0.05, 0.1) is 11.8 Å². The Labute approximate surface area is 129 Å². The lowest BCUT2D eigenvalue weighted by Gasteiger charge is -2.10. The Morgan fingerprint density at radius 1 is 1.14 bits per heavy atom. The maximum atomic E-state index is 8.82. The van der Waals surface area contributed by atoms with Crippen LogP contribution in [0.15, 0.2) is 72.9 Å². The number of aromatic nitrogens is 1. The molecule has 0 radical (unpaired) electrons. The third kappa shape index (κ3) is 2.82. The Bertz CT molecular complexity index is 861. The van der Waals surface area contributed by atoms with Crippen molar-refractivity contribution in [3.8, 4) is 17.3 Å². The van der Waals surface area contributed by atoms with Gasteiger partial charge in [-0.3, -0.25) is 4.98 Å². The fourth-order valence-electron chi connectivity index (χ4n) is 2.36. The second-order valence-electron chi connectivity index (χ2n) is 5.03. The fourth-order valence-corrected chi connectivity index (χ4v) is 2.36. The van der Waals surface area contributed by atoms with Crippen LogP contribution in [-0.2, 0) is 0 Å². The average molecular weight is 285 g/mol. The molecule has 0 aliphatic heterocycles. The summed E-state index contributed by atoms with van der Waals surface area (Å²) in [4.78, 5) is 4.40. The van der Waals surface area contributed by atoms with Gasteiger partial charge < -0.3 is 5.32 Å². The van der Waals surface area contributed by atoms with Gasteiger partial charge in [-0.1, -0.05) is 36.9 Å². The van der Waals surface area contributed by atoms with Gasteiger partial charge >= 0.3 is 0 Å².